The average Bonchev–Trinajstić information content (AvgIpc) is 3.24. The van der Waals surface area contributed by atoms with Crippen molar-refractivity contribution >= 4 is 22.4 Å². The zero-order valence-corrected chi connectivity index (χ0v) is 15.1. The van der Waals surface area contributed by atoms with E-state index in [4.69, 9.17) is 0 Å². The molecule has 2 aromatic heterocycles. The van der Waals surface area contributed by atoms with E-state index in [2.05, 4.69) is 15.4 Å². The summed E-state index contributed by atoms with van der Waals surface area (Å²) in [6.45, 7) is 2.79. The molecule has 0 aromatic carbocycles. The second kappa shape index (κ2) is 7.65. The fourth-order valence-corrected chi connectivity index (χ4v) is 3.75. The minimum Gasteiger partial charge on any atom is -0.359 e. The highest BCUT2D eigenvalue weighted by molar-refractivity contribution is 7.13. The molecule has 1 N–H and O–H groups in total. The third-order valence-corrected chi connectivity index (χ3v) is 5.28. The number of alkyl halides is 3. The van der Waals surface area contributed by atoms with Crippen molar-refractivity contribution in [2.45, 2.75) is 44.4 Å². The summed E-state index contributed by atoms with van der Waals surface area (Å²) in [7, 11) is 0. The van der Waals surface area contributed by atoms with Crippen molar-refractivity contribution in [3.05, 3.63) is 29.5 Å². The smallest absolute Gasteiger partial charge is 0.359 e. The van der Waals surface area contributed by atoms with Gasteiger partial charge in [-0.3, -0.25) is 9.48 Å². The van der Waals surface area contributed by atoms with E-state index in [1.54, 1.807) is 0 Å². The first-order valence-corrected chi connectivity index (χ1v) is 9.23. The molecule has 0 bridgehead atoms. The predicted molar refractivity (Wildman–Crippen MR) is 92.0 cm³/mol. The molecular weight excluding hydrogens is 367 g/mol. The lowest BCUT2D eigenvalue weighted by molar-refractivity contribution is -0.177. The lowest BCUT2D eigenvalue weighted by Crippen LogP contribution is -2.44. The van der Waals surface area contributed by atoms with Crippen molar-refractivity contribution in [3.63, 3.8) is 0 Å². The molecule has 3 rings (SSSR count). The monoisotopic (exact) mass is 387 g/mol. The minimum atomic E-state index is -4.52. The molecular formula is C16H20F3N5OS. The topological polar surface area (TPSA) is 63.1 Å². The number of hydrogen-bond donors (Lipinski definition) is 1. The zero-order valence-electron chi connectivity index (χ0n) is 14.2. The normalized spacial score (nSPS) is 17.3. The van der Waals surface area contributed by atoms with Gasteiger partial charge in [-0.1, -0.05) is 0 Å². The van der Waals surface area contributed by atoms with Gasteiger partial charge in [0.15, 0.2) is 11.2 Å². The predicted octanol–water partition coefficient (Wildman–Crippen LogP) is 3.24. The molecule has 0 aliphatic carbocycles. The van der Waals surface area contributed by atoms with Crippen LogP contribution in [0.25, 0.3) is 0 Å². The molecule has 10 heteroatoms. The molecule has 1 unspecified atom stereocenters. The van der Waals surface area contributed by atoms with Crippen molar-refractivity contribution < 1.29 is 18.0 Å². The van der Waals surface area contributed by atoms with E-state index < -0.39 is 24.5 Å². The van der Waals surface area contributed by atoms with Crippen LogP contribution in [0.2, 0.25) is 0 Å². The van der Waals surface area contributed by atoms with Crippen LogP contribution in [0.15, 0.2) is 23.8 Å². The maximum atomic E-state index is 13.3. The zero-order chi connectivity index (χ0) is 18.7. The first-order chi connectivity index (χ1) is 12.3. The van der Waals surface area contributed by atoms with Crippen molar-refractivity contribution in [1.29, 1.82) is 0 Å². The number of hydrogen-bond acceptors (Lipinski definition) is 5. The number of carbonyl (C=O) groups excluding carboxylic acids is 1. The highest BCUT2D eigenvalue weighted by Crippen LogP contribution is 2.33. The van der Waals surface area contributed by atoms with Gasteiger partial charge in [0.1, 0.15) is 0 Å². The Morgan fingerprint density at radius 3 is 2.69 bits per heavy atom. The molecule has 142 valence electrons. The van der Waals surface area contributed by atoms with E-state index in [1.165, 1.54) is 34.7 Å². The van der Waals surface area contributed by atoms with Crippen molar-refractivity contribution in [2.24, 2.45) is 0 Å². The number of piperidine rings is 1. The Kier molecular flexibility index (Phi) is 5.49. The summed E-state index contributed by atoms with van der Waals surface area (Å²) < 4.78 is 40.6. The number of thiazole rings is 1. The van der Waals surface area contributed by atoms with Gasteiger partial charge in [0.05, 0.1) is 12.1 Å². The number of anilines is 1. The van der Waals surface area contributed by atoms with Crippen LogP contribution in [-0.4, -0.2) is 50.9 Å². The Bertz CT molecular complexity index is 723. The Hall–Kier alpha value is -2.10. The standard InChI is InChI=1S/C16H20F3N5OS/c1-11-10-26-15(21-11)22-12-3-7-23(8-4-12)14(25)9-13(16(17,18)19)24-6-2-5-20-24/h2,5-6,10,12-13H,3-4,7-9H2,1H3,(H,21,22). The second-order valence-corrected chi connectivity index (χ2v) is 7.20. The van der Waals surface area contributed by atoms with E-state index in [0.29, 0.717) is 25.9 Å². The molecule has 0 radical (unpaired) electrons. The third kappa shape index (κ3) is 4.54. The van der Waals surface area contributed by atoms with Gasteiger partial charge in [0.2, 0.25) is 5.91 Å². The molecule has 1 fully saturated rings. The van der Waals surface area contributed by atoms with E-state index in [-0.39, 0.29) is 6.04 Å². The lowest BCUT2D eigenvalue weighted by atomic mass is 10.0. The van der Waals surface area contributed by atoms with Gasteiger partial charge >= 0.3 is 6.18 Å². The number of amides is 1. The average molecular weight is 387 g/mol. The quantitative estimate of drug-likeness (QED) is 0.856. The number of nitrogens with one attached hydrogen (secondary N) is 1. The summed E-state index contributed by atoms with van der Waals surface area (Å²) in [5.41, 5.74) is 0.946. The van der Waals surface area contributed by atoms with Crippen molar-refractivity contribution in [3.8, 4) is 0 Å². The van der Waals surface area contributed by atoms with Crippen LogP contribution < -0.4 is 5.32 Å². The fraction of sp³-hybridized carbons (Fsp3) is 0.562. The Balaban J connectivity index is 1.54. The first-order valence-electron chi connectivity index (χ1n) is 8.35. The van der Waals surface area contributed by atoms with Gasteiger partial charge < -0.3 is 10.2 Å². The van der Waals surface area contributed by atoms with E-state index in [0.717, 1.165) is 15.5 Å². The maximum Gasteiger partial charge on any atom is 0.411 e. The Labute approximate surface area is 153 Å². The van der Waals surface area contributed by atoms with Gasteiger partial charge in [-0.05, 0) is 25.8 Å². The summed E-state index contributed by atoms with van der Waals surface area (Å²) in [6.07, 6.45) is -1.27. The molecule has 3 heterocycles. The minimum absolute atomic E-state index is 0.175. The Morgan fingerprint density at radius 2 is 2.15 bits per heavy atom. The summed E-state index contributed by atoms with van der Waals surface area (Å²) in [6, 6.07) is -0.339. The molecule has 1 aliphatic heterocycles. The highest BCUT2D eigenvalue weighted by Gasteiger charge is 2.43. The molecule has 1 atom stereocenters. The van der Waals surface area contributed by atoms with Crippen LogP contribution in [-0.2, 0) is 4.79 Å². The Morgan fingerprint density at radius 1 is 1.42 bits per heavy atom. The van der Waals surface area contributed by atoms with Gasteiger partial charge in [-0.2, -0.15) is 18.3 Å². The molecule has 1 aliphatic rings. The van der Waals surface area contributed by atoms with Crippen LogP contribution >= 0.6 is 11.3 Å². The number of carbonyl (C=O) groups is 1. The molecule has 0 spiro atoms. The van der Waals surface area contributed by atoms with Gasteiger partial charge in [0.25, 0.3) is 0 Å². The molecule has 2 aromatic rings. The van der Waals surface area contributed by atoms with Crippen molar-refractivity contribution in [2.75, 3.05) is 18.4 Å². The van der Waals surface area contributed by atoms with Crippen molar-refractivity contribution in [1.82, 2.24) is 19.7 Å². The molecule has 1 saturated heterocycles. The van der Waals surface area contributed by atoms with E-state index in [1.807, 2.05) is 12.3 Å². The number of aryl methyl sites for hydroxylation is 1. The van der Waals surface area contributed by atoms with Crippen LogP contribution in [0.4, 0.5) is 18.3 Å². The fourth-order valence-electron chi connectivity index (χ4n) is 2.99. The van der Waals surface area contributed by atoms with Gasteiger partial charge in [-0.15, -0.1) is 11.3 Å². The number of aromatic nitrogens is 3. The highest BCUT2D eigenvalue weighted by atomic mass is 32.1. The number of rotatable bonds is 5. The summed E-state index contributed by atoms with van der Waals surface area (Å²) in [5.74, 6) is -0.494. The summed E-state index contributed by atoms with van der Waals surface area (Å²) in [5, 5.41) is 9.76. The second-order valence-electron chi connectivity index (χ2n) is 6.34. The van der Waals surface area contributed by atoms with Gasteiger partial charge in [0, 0.05) is 36.9 Å². The van der Waals surface area contributed by atoms with Crippen LogP contribution in [0.3, 0.4) is 0 Å². The molecule has 1 amide bonds. The lowest BCUT2D eigenvalue weighted by Gasteiger charge is -2.33. The molecule has 26 heavy (non-hydrogen) atoms. The van der Waals surface area contributed by atoms with Crippen LogP contribution in [0.1, 0.15) is 31.0 Å². The number of nitrogens with zero attached hydrogens (tertiary/aromatic N) is 4. The summed E-state index contributed by atoms with van der Waals surface area (Å²) >= 11 is 1.52. The maximum absolute atomic E-state index is 13.3. The number of halogens is 3. The van der Waals surface area contributed by atoms with Gasteiger partial charge in [-0.25, -0.2) is 4.98 Å². The van der Waals surface area contributed by atoms with E-state index >= 15 is 0 Å². The SMILES string of the molecule is Cc1csc(NC2CCN(C(=O)CC(n3cccn3)C(F)(F)F)CC2)n1. The van der Waals surface area contributed by atoms with Crippen LogP contribution in [0.5, 0.6) is 0 Å². The summed E-state index contributed by atoms with van der Waals surface area (Å²) in [4.78, 5) is 18.2. The third-order valence-electron chi connectivity index (χ3n) is 4.38. The number of likely N-dealkylation sites (tertiary alicyclic amines) is 1. The molecule has 0 saturated carbocycles. The van der Waals surface area contributed by atoms with Crippen LogP contribution in [0, 0.1) is 6.92 Å². The molecule has 6 nitrogen and oxygen atoms in total. The van der Waals surface area contributed by atoms with E-state index in [9.17, 15) is 18.0 Å². The largest absolute Gasteiger partial charge is 0.411 e. The first kappa shape index (κ1) is 18.7.